The summed E-state index contributed by atoms with van der Waals surface area (Å²) in [6.45, 7) is 1.59. The number of aromatic amines is 1. The van der Waals surface area contributed by atoms with Gasteiger partial charge in [0.15, 0.2) is 0 Å². The summed E-state index contributed by atoms with van der Waals surface area (Å²) in [5, 5.41) is 0.944. The number of aromatic nitrogens is 2. The number of hydrogen-bond donors (Lipinski definition) is 1. The Morgan fingerprint density at radius 2 is 2.28 bits per heavy atom. The standard InChI is InChI=1S/C20H21N3O2/c1-25-19-6-2-5-17-16(19)11-18(22-17)20(24)23-9-7-15(13-23)10-14-4-3-8-21-12-14/h2-6,8,11-12,15,22H,7,9-10,13H2,1H3/t15-/m0/s1. The van der Waals surface area contributed by atoms with Gasteiger partial charge in [0.1, 0.15) is 11.4 Å². The van der Waals surface area contributed by atoms with Crippen molar-refractivity contribution in [3.05, 3.63) is 60.0 Å². The fourth-order valence-electron chi connectivity index (χ4n) is 3.63. The van der Waals surface area contributed by atoms with Crippen LogP contribution < -0.4 is 4.74 Å². The van der Waals surface area contributed by atoms with Gasteiger partial charge in [0.05, 0.1) is 7.11 Å². The number of nitrogens with zero attached hydrogens (tertiary/aromatic N) is 2. The van der Waals surface area contributed by atoms with Crippen LogP contribution in [0.25, 0.3) is 10.9 Å². The first-order valence-corrected chi connectivity index (χ1v) is 8.58. The van der Waals surface area contributed by atoms with Crippen LogP contribution in [0, 0.1) is 5.92 Å². The van der Waals surface area contributed by atoms with Crippen LogP contribution >= 0.6 is 0 Å². The van der Waals surface area contributed by atoms with E-state index >= 15 is 0 Å². The molecule has 5 heteroatoms. The molecular formula is C20H21N3O2. The number of likely N-dealkylation sites (tertiary alicyclic amines) is 1. The largest absolute Gasteiger partial charge is 0.496 e. The summed E-state index contributed by atoms with van der Waals surface area (Å²) in [7, 11) is 1.65. The van der Waals surface area contributed by atoms with Crippen molar-refractivity contribution < 1.29 is 9.53 Å². The van der Waals surface area contributed by atoms with E-state index in [0.29, 0.717) is 11.6 Å². The van der Waals surface area contributed by atoms with E-state index in [9.17, 15) is 4.79 Å². The highest BCUT2D eigenvalue weighted by Crippen LogP contribution is 2.28. The van der Waals surface area contributed by atoms with Crippen LogP contribution in [0.5, 0.6) is 5.75 Å². The summed E-state index contributed by atoms with van der Waals surface area (Å²) in [6, 6.07) is 11.7. The van der Waals surface area contributed by atoms with Gasteiger partial charge in [-0.15, -0.1) is 0 Å². The van der Waals surface area contributed by atoms with E-state index in [1.54, 1.807) is 13.3 Å². The molecule has 0 bridgehead atoms. The van der Waals surface area contributed by atoms with Crippen LogP contribution in [0.3, 0.4) is 0 Å². The first-order chi connectivity index (χ1) is 12.2. The maximum absolute atomic E-state index is 12.9. The molecule has 5 nitrogen and oxygen atoms in total. The molecule has 0 spiro atoms. The predicted octanol–water partition coefficient (Wildman–Crippen LogP) is 3.28. The molecule has 3 aromatic rings. The van der Waals surface area contributed by atoms with Crippen molar-refractivity contribution in [1.29, 1.82) is 0 Å². The third-order valence-corrected chi connectivity index (χ3v) is 4.89. The SMILES string of the molecule is COc1cccc2[nH]c(C(=O)N3CC[C@@H](Cc4cccnc4)C3)cc12. The number of nitrogens with one attached hydrogen (secondary N) is 1. The lowest BCUT2D eigenvalue weighted by Gasteiger charge is -2.15. The van der Waals surface area contributed by atoms with Crippen LogP contribution in [0.15, 0.2) is 48.8 Å². The van der Waals surface area contributed by atoms with E-state index in [0.717, 1.165) is 42.6 Å². The fraction of sp³-hybridized carbons (Fsp3) is 0.300. The van der Waals surface area contributed by atoms with E-state index in [4.69, 9.17) is 4.74 Å². The summed E-state index contributed by atoms with van der Waals surface area (Å²) in [5.74, 6) is 1.34. The van der Waals surface area contributed by atoms with E-state index in [-0.39, 0.29) is 5.91 Å². The van der Waals surface area contributed by atoms with Crippen molar-refractivity contribution in [2.75, 3.05) is 20.2 Å². The minimum absolute atomic E-state index is 0.0620. The van der Waals surface area contributed by atoms with Gasteiger partial charge in [0.25, 0.3) is 5.91 Å². The lowest BCUT2D eigenvalue weighted by molar-refractivity contribution is 0.0782. The second-order valence-electron chi connectivity index (χ2n) is 6.58. The fourth-order valence-corrected chi connectivity index (χ4v) is 3.63. The van der Waals surface area contributed by atoms with Crippen molar-refractivity contribution in [2.45, 2.75) is 12.8 Å². The number of amides is 1. The topological polar surface area (TPSA) is 58.2 Å². The van der Waals surface area contributed by atoms with Crippen molar-refractivity contribution in [2.24, 2.45) is 5.92 Å². The van der Waals surface area contributed by atoms with Gasteiger partial charge in [-0.3, -0.25) is 9.78 Å². The Balaban J connectivity index is 1.48. The molecule has 1 N–H and O–H groups in total. The first kappa shape index (κ1) is 15.7. The number of ether oxygens (including phenoxy) is 1. The molecule has 1 fully saturated rings. The third kappa shape index (κ3) is 3.09. The van der Waals surface area contributed by atoms with Crippen molar-refractivity contribution in [3.8, 4) is 5.75 Å². The number of fused-ring (bicyclic) bond motifs is 1. The molecule has 1 saturated heterocycles. The number of carbonyl (C=O) groups is 1. The van der Waals surface area contributed by atoms with Crippen molar-refractivity contribution in [3.63, 3.8) is 0 Å². The number of pyridine rings is 1. The smallest absolute Gasteiger partial charge is 0.270 e. The summed E-state index contributed by atoms with van der Waals surface area (Å²) < 4.78 is 5.38. The highest BCUT2D eigenvalue weighted by atomic mass is 16.5. The Morgan fingerprint density at radius 1 is 1.36 bits per heavy atom. The number of H-pyrrole nitrogens is 1. The van der Waals surface area contributed by atoms with E-state index in [1.165, 1.54) is 5.56 Å². The third-order valence-electron chi connectivity index (χ3n) is 4.89. The first-order valence-electron chi connectivity index (χ1n) is 8.58. The summed E-state index contributed by atoms with van der Waals surface area (Å²) in [4.78, 5) is 22.2. The van der Waals surface area contributed by atoms with Gasteiger partial charge in [-0.05, 0) is 48.6 Å². The van der Waals surface area contributed by atoms with Gasteiger partial charge < -0.3 is 14.6 Å². The molecule has 0 aliphatic carbocycles. The Hall–Kier alpha value is -2.82. The average molecular weight is 335 g/mol. The molecule has 25 heavy (non-hydrogen) atoms. The van der Waals surface area contributed by atoms with Gasteiger partial charge in [-0.2, -0.15) is 0 Å². The monoisotopic (exact) mass is 335 g/mol. The number of hydrogen-bond acceptors (Lipinski definition) is 3. The molecule has 0 radical (unpaired) electrons. The van der Waals surface area contributed by atoms with Crippen LogP contribution in [-0.2, 0) is 6.42 Å². The number of carbonyl (C=O) groups excluding carboxylic acids is 1. The van der Waals surface area contributed by atoms with Gasteiger partial charge in [0.2, 0.25) is 0 Å². The zero-order valence-electron chi connectivity index (χ0n) is 14.2. The molecule has 0 saturated carbocycles. The molecule has 1 aliphatic rings. The van der Waals surface area contributed by atoms with Gasteiger partial charge in [-0.25, -0.2) is 0 Å². The van der Waals surface area contributed by atoms with Crippen LogP contribution in [0.4, 0.5) is 0 Å². The Labute approximate surface area is 146 Å². The number of benzene rings is 1. The molecule has 0 unspecified atom stereocenters. The van der Waals surface area contributed by atoms with Crippen LogP contribution in [0.1, 0.15) is 22.5 Å². The van der Waals surface area contributed by atoms with Crippen LogP contribution in [0.2, 0.25) is 0 Å². The molecule has 1 aromatic carbocycles. The molecular weight excluding hydrogens is 314 g/mol. The highest BCUT2D eigenvalue weighted by molar-refractivity contribution is 5.99. The van der Waals surface area contributed by atoms with E-state index in [2.05, 4.69) is 16.0 Å². The molecule has 1 aliphatic heterocycles. The number of rotatable bonds is 4. The quantitative estimate of drug-likeness (QED) is 0.796. The predicted molar refractivity (Wildman–Crippen MR) is 96.8 cm³/mol. The molecule has 1 amide bonds. The zero-order valence-corrected chi connectivity index (χ0v) is 14.2. The second kappa shape index (κ2) is 6.59. The molecule has 3 heterocycles. The van der Waals surface area contributed by atoms with Gasteiger partial charge >= 0.3 is 0 Å². The molecule has 128 valence electrons. The van der Waals surface area contributed by atoms with E-state index < -0.39 is 0 Å². The second-order valence-corrected chi connectivity index (χ2v) is 6.58. The minimum atomic E-state index is 0.0620. The molecule has 4 rings (SSSR count). The van der Waals surface area contributed by atoms with Crippen LogP contribution in [-0.4, -0.2) is 41.0 Å². The Morgan fingerprint density at radius 3 is 3.08 bits per heavy atom. The lowest BCUT2D eigenvalue weighted by Crippen LogP contribution is -2.29. The average Bonchev–Trinajstić information content (AvgIpc) is 3.28. The normalized spacial score (nSPS) is 17.2. The summed E-state index contributed by atoms with van der Waals surface area (Å²) >= 11 is 0. The maximum Gasteiger partial charge on any atom is 0.270 e. The zero-order chi connectivity index (χ0) is 17.2. The Bertz CT molecular complexity index is 888. The number of methoxy groups -OCH3 is 1. The highest BCUT2D eigenvalue weighted by Gasteiger charge is 2.28. The van der Waals surface area contributed by atoms with Crippen molar-refractivity contribution in [1.82, 2.24) is 14.9 Å². The Kier molecular flexibility index (Phi) is 4.14. The summed E-state index contributed by atoms with van der Waals surface area (Å²) in [5.41, 5.74) is 2.78. The van der Waals surface area contributed by atoms with Gasteiger partial charge in [-0.1, -0.05) is 12.1 Å². The molecule has 2 aromatic heterocycles. The minimum Gasteiger partial charge on any atom is -0.496 e. The molecule has 1 atom stereocenters. The van der Waals surface area contributed by atoms with E-state index in [1.807, 2.05) is 41.4 Å². The van der Waals surface area contributed by atoms with Crippen molar-refractivity contribution >= 4 is 16.8 Å². The maximum atomic E-state index is 12.9. The van der Waals surface area contributed by atoms with Gasteiger partial charge in [0, 0.05) is 36.4 Å². The lowest BCUT2D eigenvalue weighted by atomic mass is 10.0. The summed E-state index contributed by atoms with van der Waals surface area (Å²) in [6.07, 6.45) is 5.70.